The zero-order valence-corrected chi connectivity index (χ0v) is 16.9. The van der Waals surface area contributed by atoms with Crippen LogP contribution in [-0.2, 0) is 16.0 Å². The quantitative estimate of drug-likeness (QED) is 0.406. The number of carbonyl (C=O) groups is 1. The number of hydrogen-bond donors (Lipinski definition) is 1. The van der Waals surface area contributed by atoms with Crippen LogP contribution >= 0.6 is 0 Å². The van der Waals surface area contributed by atoms with Gasteiger partial charge in [-0.1, -0.05) is 30.3 Å². The van der Waals surface area contributed by atoms with E-state index < -0.39 is 27.4 Å². The molecule has 0 unspecified atom stereocenters. The number of pyridine rings is 1. The monoisotopic (exact) mass is 424 g/mol. The first-order valence-electron chi connectivity index (χ1n) is 9.44. The van der Waals surface area contributed by atoms with E-state index in [2.05, 4.69) is 10.3 Å². The molecular weight excluding hydrogens is 404 g/mol. The summed E-state index contributed by atoms with van der Waals surface area (Å²) < 4.78 is 5.39. The molecule has 2 aromatic rings. The Bertz CT molecular complexity index is 1090. The molecule has 0 fully saturated rings. The Morgan fingerprint density at radius 1 is 1.06 bits per heavy atom. The Balaban J connectivity index is 1.98. The number of rotatable bonds is 7. The number of benzene rings is 1. The number of ether oxygens (including phenoxy) is 1. The molecule has 1 N–H and O–H groups in total. The van der Waals surface area contributed by atoms with Crippen LogP contribution in [0.3, 0.4) is 0 Å². The zero-order valence-electron chi connectivity index (χ0n) is 16.9. The van der Waals surface area contributed by atoms with Crippen LogP contribution in [0.5, 0.6) is 0 Å². The van der Waals surface area contributed by atoms with Crippen molar-refractivity contribution >= 4 is 11.7 Å². The minimum atomic E-state index is -1.35. The van der Waals surface area contributed by atoms with E-state index in [1.165, 1.54) is 25.3 Å². The molecule has 1 atom stereocenters. The Kier molecular flexibility index (Phi) is 6.39. The molecule has 0 radical (unpaired) electrons. The van der Waals surface area contributed by atoms with Crippen molar-refractivity contribution in [3.8, 4) is 0 Å². The van der Waals surface area contributed by atoms with Gasteiger partial charge in [-0.05, 0) is 25.5 Å². The fourth-order valence-electron chi connectivity index (χ4n) is 3.53. The lowest BCUT2D eigenvalue weighted by molar-refractivity contribution is -0.431. The summed E-state index contributed by atoms with van der Waals surface area (Å²) in [5.41, 5.74) is 0.389. The number of allylic oxidation sites excluding steroid dienone is 3. The zero-order chi connectivity index (χ0) is 22.5. The highest BCUT2D eigenvalue weighted by Gasteiger charge is 2.44. The molecule has 31 heavy (non-hydrogen) atoms. The van der Waals surface area contributed by atoms with Gasteiger partial charge in [0.2, 0.25) is 0 Å². The topological polar surface area (TPSA) is 138 Å². The van der Waals surface area contributed by atoms with Crippen LogP contribution in [0, 0.1) is 20.2 Å². The minimum Gasteiger partial charge on any atom is -0.462 e. The van der Waals surface area contributed by atoms with Gasteiger partial charge in [0, 0.05) is 24.4 Å². The van der Waals surface area contributed by atoms with Crippen molar-refractivity contribution in [3.05, 3.63) is 103 Å². The second kappa shape index (κ2) is 9.16. The highest BCUT2D eigenvalue weighted by Crippen LogP contribution is 2.41. The number of nitro groups is 2. The number of esters is 1. The molecule has 0 spiro atoms. The molecule has 1 aliphatic heterocycles. The fraction of sp³-hybridized carbons (Fsp3) is 0.238. The number of nitrogens with one attached hydrogen (secondary N) is 1. The summed E-state index contributed by atoms with van der Waals surface area (Å²) in [7, 11) is 0. The van der Waals surface area contributed by atoms with Gasteiger partial charge in [0.15, 0.2) is 0 Å². The summed E-state index contributed by atoms with van der Waals surface area (Å²) in [5.74, 6) is -2.14. The van der Waals surface area contributed by atoms with E-state index in [4.69, 9.17) is 4.74 Å². The Morgan fingerprint density at radius 3 is 2.42 bits per heavy atom. The maximum Gasteiger partial charge on any atom is 0.337 e. The molecule has 0 aliphatic carbocycles. The second-order valence-corrected chi connectivity index (χ2v) is 6.90. The molecule has 10 nitrogen and oxygen atoms in total. The Hall–Kier alpha value is -4.08. The van der Waals surface area contributed by atoms with Crippen LogP contribution in [0.1, 0.15) is 31.0 Å². The second-order valence-electron chi connectivity index (χ2n) is 6.90. The third-order valence-electron chi connectivity index (χ3n) is 4.90. The average Bonchev–Trinajstić information content (AvgIpc) is 2.73. The summed E-state index contributed by atoms with van der Waals surface area (Å²) in [6.45, 7) is 3.09. The van der Waals surface area contributed by atoms with E-state index in [0.717, 1.165) is 5.56 Å². The lowest BCUT2D eigenvalue weighted by Gasteiger charge is -2.25. The summed E-state index contributed by atoms with van der Waals surface area (Å²) in [4.78, 5) is 39.1. The average molecular weight is 424 g/mol. The molecule has 0 bridgehead atoms. The Labute approximate surface area is 177 Å². The molecule has 0 amide bonds. The smallest absolute Gasteiger partial charge is 0.337 e. The highest BCUT2D eigenvalue weighted by atomic mass is 16.6. The van der Waals surface area contributed by atoms with Crippen molar-refractivity contribution in [1.82, 2.24) is 10.3 Å². The van der Waals surface area contributed by atoms with Crippen LogP contribution < -0.4 is 5.32 Å². The van der Waals surface area contributed by atoms with Crippen LogP contribution in [0.2, 0.25) is 0 Å². The van der Waals surface area contributed by atoms with Gasteiger partial charge in [-0.3, -0.25) is 25.2 Å². The first-order chi connectivity index (χ1) is 14.8. The maximum atomic E-state index is 13.0. The van der Waals surface area contributed by atoms with Gasteiger partial charge >= 0.3 is 5.97 Å². The van der Waals surface area contributed by atoms with Crippen molar-refractivity contribution in [3.63, 3.8) is 0 Å². The predicted molar refractivity (Wildman–Crippen MR) is 110 cm³/mol. The minimum absolute atomic E-state index is 0.0488. The lowest BCUT2D eigenvalue weighted by Crippen LogP contribution is -2.32. The number of carbonyl (C=O) groups excluding carboxylic acids is 1. The fourth-order valence-corrected chi connectivity index (χ4v) is 3.53. The Morgan fingerprint density at radius 2 is 1.77 bits per heavy atom. The molecule has 10 heteroatoms. The molecule has 1 aromatic carbocycles. The van der Waals surface area contributed by atoms with E-state index in [-0.39, 0.29) is 29.3 Å². The third-order valence-corrected chi connectivity index (χ3v) is 4.90. The maximum absolute atomic E-state index is 13.0. The highest BCUT2D eigenvalue weighted by molar-refractivity contribution is 5.92. The van der Waals surface area contributed by atoms with Gasteiger partial charge < -0.3 is 10.1 Å². The van der Waals surface area contributed by atoms with Crippen molar-refractivity contribution in [2.45, 2.75) is 26.2 Å². The lowest BCUT2D eigenvalue weighted by atomic mass is 9.86. The van der Waals surface area contributed by atoms with Crippen LogP contribution in [0.15, 0.2) is 71.3 Å². The van der Waals surface area contributed by atoms with Gasteiger partial charge in [-0.15, -0.1) is 0 Å². The number of dihydropyridines is 1. The third kappa shape index (κ3) is 4.58. The van der Waals surface area contributed by atoms with Gasteiger partial charge in [-0.25, -0.2) is 4.79 Å². The van der Waals surface area contributed by atoms with E-state index in [1.807, 2.05) is 30.3 Å². The van der Waals surface area contributed by atoms with Crippen molar-refractivity contribution in [1.29, 1.82) is 0 Å². The predicted octanol–water partition coefficient (Wildman–Crippen LogP) is 3.24. The van der Waals surface area contributed by atoms with Gasteiger partial charge in [0.1, 0.15) is 11.6 Å². The molecular formula is C21H20N4O6. The van der Waals surface area contributed by atoms with Crippen molar-refractivity contribution in [2.24, 2.45) is 0 Å². The number of aromatic nitrogens is 1. The molecule has 0 saturated carbocycles. The molecule has 1 aliphatic rings. The number of nitrogens with zero attached hydrogens (tertiary/aromatic N) is 3. The van der Waals surface area contributed by atoms with Gasteiger partial charge in [-0.2, -0.15) is 0 Å². The summed E-state index contributed by atoms with van der Waals surface area (Å²) in [6.07, 6.45) is 1.75. The normalized spacial score (nSPS) is 16.0. The van der Waals surface area contributed by atoms with Crippen LogP contribution in [0.25, 0.3) is 0 Å². The first-order valence-corrected chi connectivity index (χ1v) is 9.44. The van der Waals surface area contributed by atoms with E-state index >= 15 is 0 Å². The summed E-state index contributed by atoms with van der Waals surface area (Å²) in [6, 6.07) is 11.9. The molecule has 2 heterocycles. The van der Waals surface area contributed by atoms with E-state index in [1.54, 1.807) is 6.92 Å². The molecule has 160 valence electrons. The van der Waals surface area contributed by atoms with Gasteiger partial charge in [0.05, 0.1) is 27.7 Å². The largest absolute Gasteiger partial charge is 0.462 e. The summed E-state index contributed by atoms with van der Waals surface area (Å²) >= 11 is 0. The SMILES string of the molecule is CC1=C(C(=O)OCCc2ccccc2)[C@@H](c2ncccc2[N+](=O)[O-])C([N+](=O)[O-])=C(C)N1. The molecule has 3 rings (SSSR count). The first kappa shape index (κ1) is 21.6. The van der Waals surface area contributed by atoms with Gasteiger partial charge in [0.25, 0.3) is 11.4 Å². The summed E-state index contributed by atoms with van der Waals surface area (Å²) in [5, 5.41) is 26.2. The van der Waals surface area contributed by atoms with Crippen LogP contribution in [-0.4, -0.2) is 27.4 Å². The molecule has 1 aromatic heterocycles. The van der Waals surface area contributed by atoms with Crippen molar-refractivity contribution in [2.75, 3.05) is 6.61 Å². The standard InChI is InChI=1S/C21H20N4O6/c1-13-17(21(26)31-12-10-15-7-4-3-5-8-15)18(20(25(29)30)14(2)23-13)19-16(24(27)28)9-6-11-22-19/h3-9,11,18,23H,10,12H2,1-2H3/t18-/m0/s1. The molecule has 0 saturated heterocycles. The van der Waals surface area contributed by atoms with Crippen molar-refractivity contribution < 1.29 is 19.4 Å². The van der Waals surface area contributed by atoms with E-state index in [0.29, 0.717) is 12.1 Å². The van der Waals surface area contributed by atoms with E-state index in [9.17, 15) is 25.0 Å². The van der Waals surface area contributed by atoms with Crippen LogP contribution in [0.4, 0.5) is 5.69 Å². The number of hydrogen-bond acceptors (Lipinski definition) is 8.